The zero-order valence-electron chi connectivity index (χ0n) is 6.65. The van der Waals surface area contributed by atoms with Gasteiger partial charge in [-0.3, -0.25) is 0 Å². The molecular formula is C10H10ClZr+3. The second kappa shape index (κ2) is 12.2. The van der Waals surface area contributed by atoms with Crippen molar-refractivity contribution in [2.45, 2.75) is 0 Å². The van der Waals surface area contributed by atoms with Crippen molar-refractivity contribution in [1.29, 1.82) is 0 Å². The van der Waals surface area contributed by atoms with Crippen molar-refractivity contribution < 1.29 is 38.6 Å². The van der Waals surface area contributed by atoms with Crippen LogP contribution >= 0.6 is 0 Å². The van der Waals surface area contributed by atoms with E-state index >= 15 is 0 Å². The van der Waals surface area contributed by atoms with E-state index in [0.717, 1.165) is 0 Å². The molecule has 0 heterocycles. The number of rotatable bonds is 0. The molecule has 0 aliphatic heterocycles. The third-order valence-electron chi connectivity index (χ3n) is 1.11. The molecule has 0 spiro atoms. The third kappa shape index (κ3) is 9.26. The average molecular weight is 257 g/mol. The van der Waals surface area contributed by atoms with E-state index in [1.807, 2.05) is 64.2 Å². The van der Waals surface area contributed by atoms with Crippen LogP contribution in [0.15, 0.2) is 0 Å². The van der Waals surface area contributed by atoms with Gasteiger partial charge in [0.05, 0.1) is 0 Å². The normalized spacial score (nSPS) is 20.0. The van der Waals surface area contributed by atoms with Crippen molar-refractivity contribution in [2.75, 3.05) is 0 Å². The smallest absolute Gasteiger partial charge is 1.00 e. The maximum atomic E-state index is 2.00. The van der Waals surface area contributed by atoms with E-state index in [1.165, 1.54) is 0 Å². The van der Waals surface area contributed by atoms with Gasteiger partial charge in [0.2, 0.25) is 0 Å². The molecular weight excluding hydrogens is 247 g/mol. The zero-order valence-corrected chi connectivity index (χ0v) is 9.87. The van der Waals surface area contributed by atoms with Crippen molar-refractivity contribution >= 4 is 0 Å². The van der Waals surface area contributed by atoms with Crippen molar-refractivity contribution in [1.82, 2.24) is 0 Å². The van der Waals surface area contributed by atoms with E-state index in [4.69, 9.17) is 0 Å². The molecule has 0 unspecified atom stereocenters. The molecule has 2 aliphatic carbocycles. The maximum Gasteiger partial charge on any atom is 4.00 e. The second-order valence-corrected chi connectivity index (χ2v) is 1.92. The zero-order chi connectivity index (χ0) is 7.07. The van der Waals surface area contributed by atoms with Gasteiger partial charge in [-0.1, -0.05) is 0 Å². The molecule has 2 fully saturated rings. The van der Waals surface area contributed by atoms with Gasteiger partial charge in [-0.25, -0.2) is 0 Å². The molecule has 10 radical (unpaired) electrons. The van der Waals surface area contributed by atoms with Crippen LogP contribution in [-0.4, -0.2) is 0 Å². The summed E-state index contributed by atoms with van der Waals surface area (Å²) in [7, 11) is 0. The Kier molecular flexibility index (Phi) is 15.9. The van der Waals surface area contributed by atoms with Crippen LogP contribution < -0.4 is 12.4 Å². The average Bonchev–Trinajstić information content (AvgIpc) is 2.67. The number of hydrogen-bond donors (Lipinski definition) is 0. The molecule has 0 bridgehead atoms. The van der Waals surface area contributed by atoms with Crippen LogP contribution in [0.2, 0.25) is 0 Å². The summed E-state index contributed by atoms with van der Waals surface area (Å²) in [5, 5.41) is 0. The summed E-state index contributed by atoms with van der Waals surface area (Å²) in [6.07, 6.45) is 20.0. The summed E-state index contributed by atoms with van der Waals surface area (Å²) in [5.74, 6) is 0. The van der Waals surface area contributed by atoms with E-state index in [-0.39, 0.29) is 38.6 Å². The molecule has 58 valence electrons. The van der Waals surface area contributed by atoms with Crippen molar-refractivity contribution in [3.63, 3.8) is 0 Å². The van der Waals surface area contributed by atoms with Crippen LogP contribution in [0.3, 0.4) is 0 Å². The molecule has 2 heteroatoms. The fourth-order valence-electron chi connectivity index (χ4n) is 0.642. The van der Waals surface area contributed by atoms with Gasteiger partial charge in [0, 0.05) is 0 Å². The monoisotopic (exact) mass is 255 g/mol. The van der Waals surface area contributed by atoms with Crippen LogP contribution in [0, 0.1) is 64.2 Å². The van der Waals surface area contributed by atoms with Crippen LogP contribution in [0.5, 0.6) is 0 Å². The Bertz CT molecular complexity index is 43.0. The first-order chi connectivity index (χ1) is 5.00. The fraction of sp³-hybridized carbons (Fsp3) is 0. The van der Waals surface area contributed by atoms with Gasteiger partial charge >= 0.3 is 26.2 Å². The molecule has 0 aromatic rings. The minimum Gasteiger partial charge on any atom is -1.00 e. The summed E-state index contributed by atoms with van der Waals surface area (Å²) in [6, 6.07) is 0. The van der Waals surface area contributed by atoms with E-state index in [2.05, 4.69) is 0 Å². The van der Waals surface area contributed by atoms with Gasteiger partial charge in [-0.15, -0.1) is 0 Å². The van der Waals surface area contributed by atoms with E-state index in [1.54, 1.807) is 0 Å². The Morgan fingerprint density at radius 1 is 0.333 bits per heavy atom. The molecule has 12 heavy (non-hydrogen) atoms. The molecule has 2 saturated carbocycles. The van der Waals surface area contributed by atoms with Crippen LogP contribution in [-0.2, 0) is 26.2 Å². The number of halogens is 1. The standard InChI is InChI=1S/2C5H5.ClH.Zr/c2*1-2-4-5-3-1;;/h2*1-5H;1H;/q;;;+4/p-1. The third-order valence-corrected chi connectivity index (χ3v) is 1.11. The summed E-state index contributed by atoms with van der Waals surface area (Å²) in [6.45, 7) is 0. The van der Waals surface area contributed by atoms with E-state index in [0.29, 0.717) is 0 Å². The first kappa shape index (κ1) is 15.6. The first-order valence-corrected chi connectivity index (χ1v) is 3.33. The van der Waals surface area contributed by atoms with Crippen LogP contribution in [0.25, 0.3) is 0 Å². The molecule has 0 aromatic carbocycles. The first-order valence-electron chi connectivity index (χ1n) is 3.33. The molecule has 0 nitrogen and oxygen atoms in total. The topological polar surface area (TPSA) is 0 Å². The maximum absolute atomic E-state index is 2.00. The van der Waals surface area contributed by atoms with Gasteiger partial charge in [0.15, 0.2) is 0 Å². The SMILES string of the molecule is [CH]1[CH][CH][CH][CH]1.[CH]1[CH][CH][CH][CH]1.[Cl-].[Zr+4]. The van der Waals surface area contributed by atoms with Crippen LogP contribution in [0.4, 0.5) is 0 Å². The summed E-state index contributed by atoms with van der Waals surface area (Å²) >= 11 is 0. The predicted molar refractivity (Wildman–Crippen MR) is 43.0 cm³/mol. The second-order valence-electron chi connectivity index (χ2n) is 1.92. The summed E-state index contributed by atoms with van der Waals surface area (Å²) < 4.78 is 0. The van der Waals surface area contributed by atoms with Crippen molar-refractivity contribution in [2.24, 2.45) is 0 Å². The van der Waals surface area contributed by atoms with E-state index in [9.17, 15) is 0 Å². The van der Waals surface area contributed by atoms with Gasteiger partial charge in [0.25, 0.3) is 0 Å². The van der Waals surface area contributed by atoms with Crippen LogP contribution in [0.1, 0.15) is 0 Å². The van der Waals surface area contributed by atoms with Crippen molar-refractivity contribution in [3.8, 4) is 0 Å². The molecule has 0 aromatic heterocycles. The van der Waals surface area contributed by atoms with E-state index < -0.39 is 0 Å². The molecule has 0 atom stereocenters. The van der Waals surface area contributed by atoms with Gasteiger partial charge in [-0.2, -0.15) is 0 Å². The molecule has 0 amide bonds. The predicted octanol–water partition coefficient (Wildman–Crippen LogP) is -0.956. The van der Waals surface area contributed by atoms with Crippen molar-refractivity contribution in [3.05, 3.63) is 64.2 Å². The molecule has 0 N–H and O–H groups in total. The fourth-order valence-corrected chi connectivity index (χ4v) is 0.642. The summed E-state index contributed by atoms with van der Waals surface area (Å²) in [5.41, 5.74) is 0. The van der Waals surface area contributed by atoms with Gasteiger partial charge in [0.1, 0.15) is 0 Å². The molecule has 2 rings (SSSR count). The molecule has 2 aliphatic rings. The Labute approximate surface area is 102 Å². The Morgan fingerprint density at radius 3 is 0.500 bits per heavy atom. The van der Waals surface area contributed by atoms with Gasteiger partial charge < -0.3 is 12.4 Å². The Morgan fingerprint density at radius 2 is 0.417 bits per heavy atom. The molecule has 0 saturated heterocycles. The Balaban J connectivity index is 0. The Hall–Kier alpha value is 1.17. The number of hydrogen-bond acceptors (Lipinski definition) is 0. The minimum atomic E-state index is 0. The van der Waals surface area contributed by atoms with Gasteiger partial charge in [-0.05, 0) is 64.2 Å². The largest absolute Gasteiger partial charge is 4.00 e. The quantitative estimate of drug-likeness (QED) is 0.524. The minimum absolute atomic E-state index is 0. The summed E-state index contributed by atoms with van der Waals surface area (Å²) in [4.78, 5) is 0.